The number of hydrogen-bond donors (Lipinski definition) is 0. The number of carbonyl (C=O) groups excluding carboxylic acids is 2. The van der Waals surface area contributed by atoms with E-state index in [0.717, 1.165) is 16.9 Å². The first-order chi connectivity index (χ1) is 11.6. The molecule has 0 atom stereocenters. The molecule has 1 aromatic heterocycles. The monoisotopic (exact) mass is 364 g/mol. The minimum absolute atomic E-state index is 0.284. The van der Waals surface area contributed by atoms with Crippen LogP contribution < -0.4 is 9.47 Å². The van der Waals surface area contributed by atoms with Gasteiger partial charge in [0.1, 0.15) is 13.2 Å². The number of ketones is 1. The molecular formula is C17H13ClO5S. The third-order valence-electron chi connectivity index (χ3n) is 3.17. The van der Waals surface area contributed by atoms with E-state index in [0.29, 0.717) is 33.9 Å². The molecule has 2 heterocycles. The molecule has 2 aromatic rings. The number of esters is 1. The zero-order valence-electron chi connectivity index (χ0n) is 12.5. The summed E-state index contributed by atoms with van der Waals surface area (Å²) in [6.45, 7) is 0.705. The molecule has 0 unspecified atom stereocenters. The Kier molecular flexibility index (Phi) is 5.17. The van der Waals surface area contributed by atoms with Crippen molar-refractivity contribution in [1.82, 2.24) is 0 Å². The summed E-state index contributed by atoms with van der Waals surface area (Å²) >= 11 is 6.92. The summed E-state index contributed by atoms with van der Waals surface area (Å²) in [6.07, 6.45) is 2.85. The molecule has 0 bridgehead atoms. The highest BCUT2D eigenvalue weighted by atomic mass is 35.5. The van der Waals surface area contributed by atoms with Crippen molar-refractivity contribution in [3.63, 3.8) is 0 Å². The van der Waals surface area contributed by atoms with Gasteiger partial charge in [0.2, 0.25) is 5.78 Å². The standard InChI is InChI=1S/C17H13ClO5S/c18-16-5-4-15(24-16)12(19)10-23-17(20)6-2-11-1-3-13-14(9-11)22-8-7-21-13/h1-6,9H,7-8,10H2. The van der Waals surface area contributed by atoms with Crippen molar-refractivity contribution in [2.45, 2.75) is 0 Å². The Balaban J connectivity index is 1.54. The first-order valence-electron chi connectivity index (χ1n) is 7.15. The van der Waals surface area contributed by atoms with E-state index in [1.165, 1.54) is 6.08 Å². The van der Waals surface area contributed by atoms with Crippen LogP contribution in [0.15, 0.2) is 36.4 Å². The van der Waals surface area contributed by atoms with Crippen LogP contribution in [-0.2, 0) is 9.53 Å². The summed E-state index contributed by atoms with van der Waals surface area (Å²) < 4.78 is 16.3. The minimum atomic E-state index is -0.596. The van der Waals surface area contributed by atoms with Crippen LogP contribution in [0.25, 0.3) is 6.08 Å². The second-order valence-corrected chi connectivity index (χ2v) is 6.59. The number of rotatable bonds is 5. The maximum Gasteiger partial charge on any atom is 0.331 e. The molecule has 0 aliphatic carbocycles. The van der Waals surface area contributed by atoms with Gasteiger partial charge in [-0.15, -0.1) is 11.3 Å². The molecule has 7 heteroatoms. The quantitative estimate of drug-likeness (QED) is 0.460. The topological polar surface area (TPSA) is 61.8 Å². The molecule has 0 fully saturated rings. The van der Waals surface area contributed by atoms with Crippen molar-refractivity contribution in [1.29, 1.82) is 0 Å². The fourth-order valence-electron chi connectivity index (χ4n) is 2.05. The van der Waals surface area contributed by atoms with Crippen molar-refractivity contribution in [2.24, 2.45) is 0 Å². The molecule has 124 valence electrons. The van der Waals surface area contributed by atoms with Gasteiger partial charge >= 0.3 is 5.97 Å². The summed E-state index contributed by atoms with van der Waals surface area (Å²) in [5, 5.41) is 0. The molecule has 0 spiro atoms. The van der Waals surface area contributed by atoms with Crippen LogP contribution in [0.2, 0.25) is 4.34 Å². The van der Waals surface area contributed by atoms with Crippen LogP contribution in [-0.4, -0.2) is 31.6 Å². The zero-order chi connectivity index (χ0) is 16.9. The van der Waals surface area contributed by atoms with E-state index < -0.39 is 5.97 Å². The van der Waals surface area contributed by atoms with Gasteiger partial charge in [0.15, 0.2) is 18.1 Å². The van der Waals surface area contributed by atoms with E-state index >= 15 is 0 Å². The number of benzene rings is 1. The van der Waals surface area contributed by atoms with E-state index in [2.05, 4.69) is 0 Å². The Bertz CT molecular complexity index is 796. The third kappa shape index (κ3) is 4.15. The average molecular weight is 365 g/mol. The summed E-state index contributed by atoms with van der Waals surface area (Å²) in [5.74, 6) is 0.441. The lowest BCUT2D eigenvalue weighted by atomic mass is 10.2. The Morgan fingerprint density at radius 3 is 2.71 bits per heavy atom. The number of ether oxygens (including phenoxy) is 3. The summed E-state index contributed by atoms with van der Waals surface area (Å²) in [6, 6.07) is 8.59. The van der Waals surface area contributed by atoms with Crippen LogP contribution in [0.3, 0.4) is 0 Å². The van der Waals surface area contributed by atoms with Crippen molar-refractivity contribution in [3.8, 4) is 11.5 Å². The molecule has 3 rings (SSSR count). The molecule has 1 aromatic carbocycles. The van der Waals surface area contributed by atoms with Crippen molar-refractivity contribution >= 4 is 40.8 Å². The Hall–Kier alpha value is -2.31. The number of fused-ring (bicyclic) bond motifs is 1. The van der Waals surface area contributed by atoms with E-state index in [1.807, 2.05) is 0 Å². The number of thiophene rings is 1. The number of hydrogen-bond acceptors (Lipinski definition) is 6. The van der Waals surface area contributed by atoms with Gasteiger partial charge in [0.05, 0.1) is 9.21 Å². The first kappa shape index (κ1) is 16.5. The van der Waals surface area contributed by atoms with Crippen LogP contribution >= 0.6 is 22.9 Å². The largest absolute Gasteiger partial charge is 0.486 e. The van der Waals surface area contributed by atoms with E-state index in [9.17, 15) is 9.59 Å². The second kappa shape index (κ2) is 7.51. The van der Waals surface area contributed by atoms with Crippen molar-refractivity contribution in [3.05, 3.63) is 51.2 Å². The predicted octanol–water partition coefficient (Wildman–Crippen LogP) is 3.61. The maximum absolute atomic E-state index is 11.8. The molecular weight excluding hydrogens is 352 g/mol. The Morgan fingerprint density at radius 1 is 1.17 bits per heavy atom. The van der Waals surface area contributed by atoms with Gasteiger partial charge in [-0.05, 0) is 35.9 Å². The highest BCUT2D eigenvalue weighted by Gasteiger charge is 2.12. The molecule has 24 heavy (non-hydrogen) atoms. The molecule has 0 saturated carbocycles. The lowest BCUT2D eigenvalue weighted by molar-refractivity contribution is -0.136. The maximum atomic E-state index is 11.8. The van der Waals surface area contributed by atoms with Gasteiger partial charge in [0, 0.05) is 6.08 Å². The van der Waals surface area contributed by atoms with Gasteiger partial charge in [0.25, 0.3) is 0 Å². The molecule has 0 amide bonds. The molecule has 1 aliphatic rings. The second-order valence-electron chi connectivity index (χ2n) is 4.87. The van der Waals surface area contributed by atoms with E-state index in [4.69, 9.17) is 25.8 Å². The molecule has 5 nitrogen and oxygen atoms in total. The fraction of sp³-hybridized carbons (Fsp3) is 0.176. The van der Waals surface area contributed by atoms with Crippen molar-refractivity contribution < 1.29 is 23.8 Å². The average Bonchev–Trinajstić information content (AvgIpc) is 3.04. The SMILES string of the molecule is O=C(C=Cc1ccc2c(c1)OCCO2)OCC(=O)c1ccc(Cl)s1. The van der Waals surface area contributed by atoms with Crippen molar-refractivity contribution in [2.75, 3.05) is 19.8 Å². The van der Waals surface area contributed by atoms with E-state index in [-0.39, 0.29) is 12.4 Å². The van der Waals surface area contributed by atoms with Crippen LogP contribution in [0, 0.1) is 0 Å². The van der Waals surface area contributed by atoms with Gasteiger partial charge < -0.3 is 14.2 Å². The smallest absolute Gasteiger partial charge is 0.331 e. The highest BCUT2D eigenvalue weighted by molar-refractivity contribution is 7.18. The predicted molar refractivity (Wildman–Crippen MR) is 91.1 cm³/mol. The molecule has 1 aliphatic heterocycles. The molecule has 0 radical (unpaired) electrons. The van der Waals surface area contributed by atoms with Crippen LogP contribution in [0.1, 0.15) is 15.2 Å². The Labute approximate surface area is 147 Å². The summed E-state index contributed by atoms with van der Waals surface area (Å²) in [7, 11) is 0. The van der Waals surface area contributed by atoms with Crippen LogP contribution in [0.4, 0.5) is 0 Å². The number of carbonyl (C=O) groups is 2. The first-order valence-corrected chi connectivity index (χ1v) is 8.34. The van der Waals surface area contributed by atoms with Gasteiger partial charge in [-0.2, -0.15) is 0 Å². The summed E-state index contributed by atoms with van der Waals surface area (Å²) in [4.78, 5) is 24.0. The minimum Gasteiger partial charge on any atom is -0.486 e. The molecule has 0 saturated heterocycles. The van der Waals surface area contributed by atoms with Gasteiger partial charge in [-0.25, -0.2) is 4.79 Å². The summed E-state index contributed by atoms with van der Waals surface area (Å²) in [5.41, 5.74) is 0.771. The van der Waals surface area contributed by atoms with E-state index in [1.54, 1.807) is 36.4 Å². The molecule has 0 N–H and O–H groups in total. The normalized spacial score (nSPS) is 13.0. The van der Waals surface area contributed by atoms with Gasteiger partial charge in [-0.3, -0.25) is 4.79 Å². The number of halogens is 1. The third-order valence-corrected chi connectivity index (χ3v) is 4.44. The number of Topliss-reactive ketones (excluding diaryl/α,β-unsaturated/α-hetero) is 1. The lowest BCUT2D eigenvalue weighted by Gasteiger charge is -2.18. The lowest BCUT2D eigenvalue weighted by Crippen LogP contribution is -2.15. The Morgan fingerprint density at radius 2 is 1.96 bits per heavy atom. The highest BCUT2D eigenvalue weighted by Crippen LogP contribution is 2.31. The zero-order valence-corrected chi connectivity index (χ0v) is 14.1. The van der Waals surface area contributed by atoms with Gasteiger partial charge in [-0.1, -0.05) is 17.7 Å². The fourth-order valence-corrected chi connectivity index (χ4v) is 3.02. The van der Waals surface area contributed by atoms with Crippen LogP contribution in [0.5, 0.6) is 11.5 Å².